The Kier molecular flexibility index (Phi) is 5.45. The van der Waals surface area contributed by atoms with E-state index >= 15 is 0 Å². The number of carboxylic acid groups (broad SMARTS) is 1. The minimum absolute atomic E-state index is 0. The van der Waals surface area contributed by atoms with Gasteiger partial charge in [0, 0.05) is 0 Å². The predicted molar refractivity (Wildman–Crippen MR) is 55.7 cm³/mol. The first-order valence-electron chi connectivity index (χ1n) is 3.69. The van der Waals surface area contributed by atoms with Gasteiger partial charge < -0.3 is 10.8 Å². The lowest BCUT2D eigenvalue weighted by atomic mass is 10.1. The van der Waals surface area contributed by atoms with Crippen molar-refractivity contribution in [3.8, 4) is 0 Å². The van der Waals surface area contributed by atoms with E-state index in [1.807, 2.05) is 0 Å². The van der Waals surface area contributed by atoms with Gasteiger partial charge in [0.25, 0.3) is 0 Å². The number of rotatable bonds is 3. The summed E-state index contributed by atoms with van der Waals surface area (Å²) in [5.74, 6) is -0.950. The van der Waals surface area contributed by atoms with Crippen LogP contribution in [0.15, 0.2) is 18.2 Å². The molecule has 3 N–H and O–H groups in total. The smallest absolute Gasteiger partial charge is 0.305 e. The number of aromatic nitrogens is 1. The summed E-state index contributed by atoms with van der Waals surface area (Å²) in [6.07, 6.45) is -0.145. The van der Waals surface area contributed by atoms with Gasteiger partial charge in [-0.1, -0.05) is 17.7 Å². The predicted octanol–water partition coefficient (Wildman–Crippen LogP) is 1.63. The Morgan fingerprint density at radius 2 is 2.29 bits per heavy atom. The molecule has 0 aliphatic carbocycles. The maximum absolute atomic E-state index is 10.3. The SMILES string of the molecule is Cl.N[C@@H](CC(=O)O)c1cccc(Cl)n1. The zero-order chi connectivity index (χ0) is 9.84. The summed E-state index contributed by atoms with van der Waals surface area (Å²) >= 11 is 5.61. The van der Waals surface area contributed by atoms with Crippen LogP contribution in [0.5, 0.6) is 0 Å². The van der Waals surface area contributed by atoms with Crippen molar-refractivity contribution in [3.63, 3.8) is 0 Å². The molecule has 1 heterocycles. The molecule has 0 saturated heterocycles. The second kappa shape index (κ2) is 5.80. The summed E-state index contributed by atoms with van der Waals surface area (Å²) in [5, 5.41) is 8.79. The van der Waals surface area contributed by atoms with Crippen molar-refractivity contribution in [3.05, 3.63) is 29.0 Å². The van der Waals surface area contributed by atoms with Crippen LogP contribution >= 0.6 is 24.0 Å². The molecule has 0 aromatic carbocycles. The minimum atomic E-state index is -0.950. The van der Waals surface area contributed by atoms with Gasteiger partial charge in [0.2, 0.25) is 0 Å². The zero-order valence-corrected chi connectivity index (χ0v) is 8.76. The first kappa shape index (κ1) is 13.2. The maximum Gasteiger partial charge on any atom is 0.305 e. The molecule has 0 spiro atoms. The number of pyridine rings is 1. The van der Waals surface area contributed by atoms with Crippen molar-refractivity contribution < 1.29 is 9.90 Å². The van der Waals surface area contributed by atoms with Crippen LogP contribution in [-0.4, -0.2) is 16.1 Å². The Morgan fingerprint density at radius 1 is 1.64 bits per heavy atom. The number of hydrogen-bond acceptors (Lipinski definition) is 3. The van der Waals surface area contributed by atoms with Crippen LogP contribution < -0.4 is 5.73 Å². The van der Waals surface area contributed by atoms with E-state index in [-0.39, 0.29) is 18.8 Å². The fourth-order valence-electron chi connectivity index (χ4n) is 0.923. The van der Waals surface area contributed by atoms with E-state index in [0.29, 0.717) is 10.8 Å². The van der Waals surface area contributed by atoms with E-state index < -0.39 is 12.0 Å². The third kappa shape index (κ3) is 3.91. The number of halogens is 2. The van der Waals surface area contributed by atoms with Gasteiger partial charge in [0.1, 0.15) is 5.15 Å². The lowest BCUT2D eigenvalue weighted by Gasteiger charge is -2.07. The summed E-state index contributed by atoms with van der Waals surface area (Å²) in [5.41, 5.74) is 6.06. The number of nitrogens with zero attached hydrogens (tertiary/aromatic N) is 1. The molecule has 0 radical (unpaired) electrons. The number of aliphatic carboxylic acids is 1. The molecular weight excluding hydrogens is 227 g/mol. The van der Waals surface area contributed by atoms with Crippen LogP contribution in [0.4, 0.5) is 0 Å². The summed E-state index contributed by atoms with van der Waals surface area (Å²) in [7, 11) is 0. The molecule has 0 aliphatic heterocycles. The normalized spacial score (nSPS) is 11.6. The lowest BCUT2D eigenvalue weighted by Crippen LogP contribution is -2.16. The van der Waals surface area contributed by atoms with Gasteiger partial charge in [-0.05, 0) is 12.1 Å². The quantitative estimate of drug-likeness (QED) is 0.783. The summed E-state index contributed by atoms with van der Waals surface area (Å²) < 4.78 is 0. The molecule has 0 fully saturated rings. The molecule has 1 rings (SSSR count). The molecule has 0 bridgehead atoms. The molecule has 0 saturated carbocycles. The van der Waals surface area contributed by atoms with Crippen molar-refractivity contribution in [2.24, 2.45) is 5.73 Å². The van der Waals surface area contributed by atoms with Crippen molar-refractivity contribution >= 4 is 30.0 Å². The van der Waals surface area contributed by atoms with Gasteiger partial charge in [0.15, 0.2) is 0 Å². The fraction of sp³-hybridized carbons (Fsp3) is 0.250. The largest absolute Gasteiger partial charge is 0.481 e. The molecule has 1 atom stereocenters. The molecule has 4 nitrogen and oxygen atoms in total. The van der Waals surface area contributed by atoms with Crippen LogP contribution in [0, 0.1) is 0 Å². The Bertz CT molecular complexity index is 320. The van der Waals surface area contributed by atoms with E-state index in [1.165, 1.54) is 0 Å². The Labute approximate surface area is 92.5 Å². The Hall–Kier alpha value is -0.840. The summed E-state index contributed by atoms with van der Waals surface area (Å²) in [6, 6.07) is 4.35. The Balaban J connectivity index is 0.00000169. The number of nitrogens with two attached hydrogens (primary N) is 1. The lowest BCUT2D eigenvalue weighted by molar-refractivity contribution is -0.137. The summed E-state index contributed by atoms with van der Waals surface area (Å²) in [4.78, 5) is 14.2. The summed E-state index contributed by atoms with van der Waals surface area (Å²) in [6.45, 7) is 0. The van der Waals surface area contributed by atoms with E-state index in [0.717, 1.165) is 0 Å². The van der Waals surface area contributed by atoms with Gasteiger partial charge in [-0.3, -0.25) is 4.79 Å². The third-order valence-corrected chi connectivity index (χ3v) is 1.72. The van der Waals surface area contributed by atoms with Crippen molar-refractivity contribution in [1.82, 2.24) is 4.98 Å². The molecular formula is C8H10Cl2N2O2. The van der Waals surface area contributed by atoms with E-state index in [4.69, 9.17) is 22.4 Å². The molecule has 0 aliphatic rings. The first-order chi connectivity index (χ1) is 6.09. The highest BCUT2D eigenvalue weighted by atomic mass is 35.5. The van der Waals surface area contributed by atoms with E-state index in [9.17, 15) is 4.79 Å². The van der Waals surface area contributed by atoms with Crippen LogP contribution in [0.25, 0.3) is 0 Å². The first-order valence-corrected chi connectivity index (χ1v) is 4.07. The standard InChI is InChI=1S/C8H9ClN2O2.ClH/c9-7-3-1-2-6(11-7)5(10)4-8(12)13;/h1-3,5H,4,10H2,(H,12,13);1H/t5-;/m0./s1. The number of carbonyl (C=O) groups is 1. The van der Waals surface area contributed by atoms with Crippen LogP contribution in [0.1, 0.15) is 18.2 Å². The van der Waals surface area contributed by atoms with Crippen molar-refractivity contribution in [2.45, 2.75) is 12.5 Å². The average molecular weight is 237 g/mol. The van der Waals surface area contributed by atoms with Crippen molar-refractivity contribution in [2.75, 3.05) is 0 Å². The van der Waals surface area contributed by atoms with Gasteiger partial charge in [-0.2, -0.15) is 0 Å². The molecule has 6 heteroatoms. The average Bonchev–Trinajstić information content (AvgIpc) is 2.03. The number of hydrogen-bond donors (Lipinski definition) is 2. The monoisotopic (exact) mass is 236 g/mol. The minimum Gasteiger partial charge on any atom is -0.481 e. The molecule has 78 valence electrons. The molecule has 0 unspecified atom stereocenters. The van der Waals surface area contributed by atoms with Gasteiger partial charge in [-0.15, -0.1) is 12.4 Å². The highest BCUT2D eigenvalue weighted by Crippen LogP contribution is 2.13. The zero-order valence-electron chi connectivity index (χ0n) is 7.18. The maximum atomic E-state index is 10.3. The van der Waals surface area contributed by atoms with Crippen molar-refractivity contribution in [1.29, 1.82) is 0 Å². The molecule has 14 heavy (non-hydrogen) atoms. The van der Waals surface area contributed by atoms with E-state index in [1.54, 1.807) is 18.2 Å². The van der Waals surface area contributed by atoms with Gasteiger partial charge >= 0.3 is 5.97 Å². The fourth-order valence-corrected chi connectivity index (χ4v) is 1.09. The van der Waals surface area contributed by atoms with Crippen LogP contribution in [-0.2, 0) is 4.79 Å². The highest BCUT2D eigenvalue weighted by molar-refractivity contribution is 6.29. The highest BCUT2D eigenvalue weighted by Gasteiger charge is 2.11. The third-order valence-electron chi connectivity index (χ3n) is 1.51. The molecule has 0 amide bonds. The second-order valence-electron chi connectivity index (χ2n) is 2.59. The molecule has 1 aromatic heterocycles. The van der Waals surface area contributed by atoms with Crippen LogP contribution in [0.2, 0.25) is 5.15 Å². The van der Waals surface area contributed by atoms with E-state index in [2.05, 4.69) is 4.98 Å². The topological polar surface area (TPSA) is 76.2 Å². The van der Waals surface area contributed by atoms with Crippen LogP contribution in [0.3, 0.4) is 0 Å². The van der Waals surface area contributed by atoms with Gasteiger partial charge in [0.05, 0.1) is 18.2 Å². The number of carboxylic acids is 1. The molecule has 1 aromatic rings. The second-order valence-corrected chi connectivity index (χ2v) is 2.98. The Morgan fingerprint density at radius 3 is 2.79 bits per heavy atom. The van der Waals surface area contributed by atoms with Gasteiger partial charge in [-0.25, -0.2) is 4.98 Å².